The van der Waals surface area contributed by atoms with Crippen LogP contribution in [0.2, 0.25) is 0 Å². The summed E-state index contributed by atoms with van der Waals surface area (Å²) >= 11 is 0. The van der Waals surface area contributed by atoms with Crippen LogP contribution in [0.15, 0.2) is 279 Å². The van der Waals surface area contributed by atoms with Crippen LogP contribution >= 0.6 is 0 Å². The van der Waals surface area contributed by atoms with Crippen LogP contribution in [0, 0.1) is 0 Å². The lowest BCUT2D eigenvalue weighted by Gasteiger charge is -2.28. The number of rotatable bonds is 14. The average molecular weight is 1090 g/mol. The molecule has 2 nitrogen and oxygen atoms in total. The van der Waals surface area contributed by atoms with Crippen LogP contribution in [-0.4, -0.2) is 4.57 Å². The number of nitrogens with zero attached hydrogens (tertiary/aromatic N) is 2. The summed E-state index contributed by atoms with van der Waals surface area (Å²) in [5.41, 5.74) is 30.4. The SMILES string of the molecule is CCC(CC(C)c1ccc(-c2ccc3c(c2)c2cc(-c4ccc(-c5ccc(N(c6ccc(-c7ccccc7)cc6)c6ccc7c(c6)C(C)(C)c6ccccc6-7)cc5)cc4)ccc2n3-c2ccccc2)cc1)c1ccc(-c2ccc3c(c2)CC3)cc1. The highest BCUT2D eigenvalue weighted by Crippen LogP contribution is 2.51. The van der Waals surface area contributed by atoms with Gasteiger partial charge in [-0.25, -0.2) is 0 Å². The molecule has 0 spiro atoms. The second-order valence-corrected chi connectivity index (χ2v) is 24.4. The molecule has 0 amide bonds. The molecule has 2 unspecified atom stereocenters. The molecule has 0 saturated carbocycles. The second kappa shape index (κ2) is 21.5. The molecule has 2 heteroatoms. The Balaban J connectivity index is 0.701. The lowest BCUT2D eigenvalue weighted by Crippen LogP contribution is -2.16. The van der Waals surface area contributed by atoms with E-state index in [0.29, 0.717) is 11.8 Å². The van der Waals surface area contributed by atoms with Crippen molar-refractivity contribution in [1.29, 1.82) is 0 Å². The van der Waals surface area contributed by atoms with Crippen molar-refractivity contribution in [3.8, 4) is 72.4 Å². The Hall–Kier alpha value is -9.76. The van der Waals surface area contributed by atoms with Gasteiger partial charge in [-0.1, -0.05) is 234 Å². The largest absolute Gasteiger partial charge is 0.310 e. The van der Waals surface area contributed by atoms with Crippen LogP contribution < -0.4 is 4.90 Å². The zero-order chi connectivity index (χ0) is 57.2. The van der Waals surface area contributed by atoms with Crippen LogP contribution in [0.4, 0.5) is 17.1 Å². The van der Waals surface area contributed by atoms with E-state index in [2.05, 4.69) is 316 Å². The zero-order valence-electron chi connectivity index (χ0n) is 48.9. The third-order valence-corrected chi connectivity index (χ3v) is 19.0. The van der Waals surface area contributed by atoms with Crippen LogP contribution in [0.5, 0.6) is 0 Å². The van der Waals surface area contributed by atoms with E-state index in [1.807, 2.05) is 0 Å². The van der Waals surface area contributed by atoms with Crippen LogP contribution in [0.25, 0.3) is 94.3 Å². The van der Waals surface area contributed by atoms with Gasteiger partial charge in [-0.2, -0.15) is 0 Å². The summed E-state index contributed by atoms with van der Waals surface area (Å²) in [7, 11) is 0. The number of benzene rings is 12. The number of hydrogen-bond donors (Lipinski definition) is 0. The standard InChI is InChI=1S/C83H68N2/c1-5-56(59-24-28-63(29-25-59)67-34-32-64-33-35-68(64)51-67)50-55(2)57-20-22-65(23-21-57)69-40-48-81-77(52-69)78-53-70(41-49-82(78)85(81)71-16-10-7-11-17-71)66-30-26-60(27-31-66)62-38-44-73(45-39-62)84(72-42-36-61(37-43-72)58-14-8-6-9-15-58)74-46-47-76-75-18-12-13-19-79(75)83(3,4)80(76)54-74/h6-32,34,36-49,51-56H,5,33,35,50H2,1-4H3. The summed E-state index contributed by atoms with van der Waals surface area (Å²) in [5.74, 6) is 0.943. The maximum Gasteiger partial charge on any atom is 0.0541 e. The van der Waals surface area contributed by atoms with Crippen molar-refractivity contribution in [3.63, 3.8) is 0 Å². The quantitative estimate of drug-likeness (QED) is 0.105. The average Bonchev–Trinajstić information content (AvgIpc) is 1.86. The zero-order valence-corrected chi connectivity index (χ0v) is 48.9. The van der Waals surface area contributed by atoms with Crippen molar-refractivity contribution in [2.24, 2.45) is 0 Å². The Kier molecular flexibility index (Phi) is 13.1. The fourth-order valence-corrected chi connectivity index (χ4v) is 14.0. The van der Waals surface area contributed by atoms with Crippen molar-refractivity contribution in [2.45, 2.75) is 70.6 Å². The van der Waals surface area contributed by atoms with Crippen molar-refractivity contribution in [2.75, 3.05) is 4.90 Å². The van der Waals surface area contributed by atoms with Gasteiger partial charge >= 0.3 is 0 Å². The summed E-state index contributed by atoms with van der Waals surface area (Å²) in [6.07, 6.45) is 4.68. The molecule has 12 aromatic carbocycles. The molecule has 0 N–H and O–H groups in total. The van der Waals surface area contributed by atoms with E-state index < -0.39 is 0 Å². The normalized spacial score (nSPS) is 13.6. The summed E-state index contributed by atoms with van der Waals surface area (Å²) < 4.78 is 2.42. The molecule has 0 radical (unpaired) electrons. The van der Waals surface area contributed by atoms with Gasteiger partial charge in [-0.05, 0) is 210 Å². The monoisotopic (exact) mass is 1090 g/mol. The lowest BCUT2D eigenvalue weighted by molar-refractivity contribution is 0.544. The number of aryl methyl sites for hydroxylation is 2. The first-order valence-corrected chi connectivity index (χ1v) is 30.6. The first-order chi connectivity index (χ1) is 41.7. The predicted molar refractivity (Wildman–Crippen MR) is 360 cm³/mol. The highest BCUT2D eigenvalue weighted by Gasteiger charge is 2.36. The highest BCUT2D eigenvalue weighted by molar-refractivity contribution is 6.11. The first kappa shape index (κ1) is 52.1. The molecule has 0 aliphatic heterocycles. The smallest absolute Gasteiger partial charge is 0.0541 e. The number of aromatic nitrogens is 1. The molecule has 0 saturated heterocycles. The van der Waals surface area contributed by atoms with E-state index >= 15 is 0 Å². The minimum atomic E-state index is -0.109. The number of para-hydroxylation sites is 1. The van der Waals surface area contributed by atoms with Gasteiger partial charge in [0.05, 0.1) is 11.0 Å². The molecule has 1 heterocycles. The molecule has 1 aromatic heterocycles. The van der Waals surface area contributed by atoms with Gasteiger partial charge in [0, 0.05) is 38.9 Å². The highest BCUT2D eigenvalue weighted by atomic mass is 15.1. The third-order valence-electron chi connectivity index (χ3n) is 19.0. The molecule has 13 aromatic rings. The van der Waals surface area contributed by atoms with Crippen molar-refractivity contribution < 1.29 is 0 Å². The van der Waals surface area contributed by atoms with Crippen molar-refractivity contribution in [1.82, 2.24) is 4.57 Å². The molecule has 0 fully saturated rings. The number of hydrogen-bond acceptors (Lipinski definition) is 1. The Labute approximate surface area is 501 Å². The van der Waals surface area contributed by atoms with E-state index in [-0.39, 0.29) is 5.41 Å². The van der Waals surface area contributed by atoms with Crippen LogP contribution in [0.3, 0.4) is 0 Å². The Morgan fingerprint density at radius 2 is 0.812 bits per heavy atom. The fraction of sp³-hybridized carbons (Fsp3) is 0.133. The maximum atomic E-state index is 2.42. The summed E-state index contributed by atoms with van der Waals surface area (Å²) in [6.45, 7) is 9.46. The summed E-state index contributed by atoms with van der Waals surface area (Å²) in [5, 5.41) is 2.49. The van der Waals surface area contributed by atoms with E-state index in [9.17, 15) is 0 Å². The minimum absolute atomic E-state index is 0.109. The topological polar surface area (TPSA) is 8.17 Å². The van der Waals surface area contributed by atoms with Crippen molar-refractivity contribution in [3.05, 3.63) is 312 Å². The molecule has 2 atom stereocenters. The van der Waals surface area contributed by atoms with Gasteiger partial charge < -0.3 is 9.47 Å². The van der Waals surface area contributed by atoms with Gasteiger partial charge in [0.25, 0.3) is 0 Å². The maximum absolute atomic E-state index is 2.42. The van der Waals surface area contributed by atoms with Gasteiger partial charge in [0.1, 0.15) is 0 Å². The Bertz CT molecular complexity index is 4590. The Morgan fingerprint density at radius 1 is 0.376 bits per heavy atom. The second-order valence-electron chi connectivity index (χ2n) is 24.4. The van der Waals surface area contributed by atoms with Gasteiger partial charge in [0.2, 0.25) is 0 Å². The minimum Gasteiger partial charge on any atom is -0.310 e. The van der Waals surface area contributed by atoms with Crippen LogP contribution in [0.1, 0.15) is 85.8 Å². The molecule has 0 bridgehead atoms. The summed E-state index contributed by atoms with van der Waals surface area (Å²) in [6, 6.07) is 104. The van der Waals surface area contributed by atoms with Crippen LogP contribution in [-0.2, 0) is 18.3 Å². The molecule has 2 aliphatic carbocycles. The number of anilines is 3. The molecule has 410 valence electrons. The Morgan fingerprint density at radius 3 is 1.36 bits per heavy atom. The van der Waals surface area contributed by atoms with Gasteiger partial charge in [-0.3, -0.25) is 0 Å². The molecule has 2 aliphatic rings. The third kappa shape index (κ3) is 9.47. The van der Waals surface area contributed by atoms with E-state index in [1.54, 1.807) is 0 Å². The van der Waals surface area contributed by atoms with Gasteiger partial charge in [-0.15, -0.1) is 0 Å². The molecule has 85 heavy (non-hydrogen) atoms. The predicted octanol–water partition coefficient (Wildman–Crippen LogP) is 22.7. The van der Waals surface area contributed by atoms with E-state index in [0.717, 1.165) is 35.6 Å². The molecule has 15 rings (SSSR count). The van der Waals surface area contributed by atoms with Crippen molar-refractivity contribution >= 4 is 38.9 Å². The number of fused-ring (bicyclic) bond motifs is 7. The van der Waals surface area contributed by atoms with Gasteiger partial charge in [0.15, 0.2) is 0 Å². The molecular weight excluding hydrogens is 1020 g/mol. The first-order valence-electron chi connectivity index (χ1n) is 30.6. The molecular formula is C83H68N2. The fourth-order valence-electron chi connectivity index (χ4n) is 14.0. The van der Waals surface area contributed by atoms with E-state index in [1.165, 1.54) is 135 Å². The summed E-state index contributed by atoms with van der Waals surface area (Å²) in [4.78, 5) is 2.41. The van der Waals surface area contributed by atoms with E-state index in [4.69, 9.17) is 0 Å². The lowest BCUT2D eigenvalue weighted by atomic mass is 9.82.